The van der Waals surface area contributed by atoms with Gasteiger partial charge in [0.05, 0.1) is 11.3 Å². The van der Waals surface area contributed by atoms with E-state index in [9.17, 15) is 19.5 Å². The van der Waals surface area contributed by atoms with Gasteiger partial charge in [-0.15, -0.1) is 0 Å². The SMILES string of the molecule is CCC1=C(C)C(=O)C(C)C[C@]12C(=O)CC[C@H]2C(=O)O. The molecule has 0 aromatic carbocycles. The third-order valence-electron chi connectivity index (χ3n) is 4.84. The molecule has 1 saturated carbocycles. The number of carbonyl (C=O) groups is 3. The number of aliphatic carboxylic acids is 1. The van der Waals surface area contributed by atoms with Gasteiger partial charge in [0.25, 0.3) is 0 Å². The summed E-state index contributed by atoms with van der Waals surface area (Å²) in [6.07, 6.45) is 1.64. The van der Waals surface area contributed by atoms with Gasteiger partial charge in [-0.3, -0.25) is 14.4 Å². The molecule has 1 unspecified atom stereocenters. The quantitative estimate of drug-likeness (QED) is 0.831. The van der Waals surface area contributed by atoms with Gasteiger partial charge in [0.15, 0.2) is 5.78 Å². The molecule has 2 aliphatic rings. The lowest BCUT2D eigenvalue weighted by Crippen LogP contribution is -2.45. The first-order chi connectivity index (χ1) is 8.86. The molecular weight excluding hydrogens is 244 g/mol. The van der Waals surface area contributed by atoms with Crippen LogP contribution in [0.3, 0.4) is 0 Å². The summed E-state index contributed by atoms with van der Waals surface area (Å²) >= 11 is 0. The summed E-state index contributed by atoms with van der Waals surface area (Å²) in [6, 6.07) is 0. The van der Waals surface area contributed by atoms with Crippen LogP contribution in [0.4, 0.5) is 0 Å². The zero-order chi connectivity index (χ0) is 14.4. The lowest BCUT2D eigenvalue weighted by atomic mass is 9.60. The topological polar surface area (TPSA) is 71.4 Å². The number of carbonyl (C=O) groups excluding carboxylic acids is 2. The van der Waals surface area contributed by atoms with Crippen LogP contribution in [0.25, 0.3) is 0 Å². The molecule has 104 valence electrons. The van der Waals surface area contributed by atoms with Gasteiger partial charge in [0.2, 0.25) is 0 Å². The second kappa shape index (κ2) is 4.58. The van der Waals surface area contributed by atoms with Crippen LogP contribution in [-0.2, 0) is 14.4 Å². The van der Waals surface area contributed by atoms with Gasteiger partial charge in [-0.05, 0) is 37.3 Å². The smallest absolute Gasteiger partial charge is 0.307 e. The van der Waals surface area contributed by atoms with Gasteiger partial charge in [0.1, 0.15) is 5.78 Å². The van der Waals surface area contributed by atoms with Crippen molar-refractivity contribution in [1.82, 2.24) is 0 Å². The van der Waals surface area contributed by atoms with E-state index >= 15 is 0 Å². The Labute approximate surface area is 112 Å². The number of carboxylic acids is 1. The summed E-state index contributed by atoms with van der Waals surface area (Å²) in [5.74, 6) is -1.77. The maximum atomic E-state index is 12.4. The molecule has 1 fully saturated rings. The fourth-order valence-electron chi connectivity index (χ4n) is 4.04. The highest BCUT2D eigenvalue weighted by Gasteiger charge is 2.58. The normalized spacial score (nSPS) is 35.3. The summed E-state index contributed by atoms with van der Waals surface area (Å²) in [6.45, 7) is 5.43. The zero-order valence-corrected chi connectivity index (χ0v) is 11.7. The summed E-state index contributed by atoms with van der Waals surface area (Å²) < 4.78 is 0. The van der Waals surface area contributed by atoms with E-state index in [1.54, 1.807) is 13.8 Å². The monoisotopic (exact) mass is 264 g/mol. The maximum Gasteiger partial charge on any atom is 0.307 e. The first-order valence-electron chi connectivity index (χ1n) is 6.86. The molecule has 3 atom stereocenters. The number of carboxylic acid groups (broad SMARTS) is 1. The highest BCUT2D eigenvalue weighted by molar-refractivity contribution is 6.04. The Bertz CT molecular complexity index is 488. The summed E-state index contributed by atoms with van der Waals surface area (Å²) in [5.41, 5.74) is 0.464. The van der Waals surface area contributed by atoms with Crippen LogP contribution in [0.2, 0.25) is 0 Å². The van der Waals surface area contributed by atoms with Crippen molar-refractivity contribution in [1.29, 1.82) is 0 Å². The molecule has 2 rings (SSSR count). The van der Waals surface area contributed by atoms with Crippen LogP contribution in [-0.4, -0.2) is 22.6 Å². The molecule has 1 spiro atoms. The number of ketones is 2. The zero-order valence-electron chi connectivity index (χ0n) is 11.7. The third-order valence-corrected chi connectivity index (χ3v) is 4.84. The fourth-order valence-corrected chi connectivity index (χ4v) is 4.04. The predicted octanol–water partition coefficient (Wildman–Crippen LogP) is 2.37. The Hall–Kier alpha value is -1.45. The predicted molar refractivity (Wildman–Crippen MR) is 69.6 cm³/mol. The number of hydrogen-bond acceptors (Lipinski definition) is 3. The second-order valence-electron chi connectivity index (χ2n) is 5.75. The number of rotatable bonds is 2. The molecule has 0 aromatic rings. The molecule has 0 bridgehead atoms. The van der Waals surface area contributed by atoms with Crippen molar-refractivity contribution < 1.29 is 19.5 Å². The molecule has 0 radical (unpaired) electrons. The molecule has 4 nitrogen and oxygen atoms in total. The Morgan fingerprint density at radius 3 is 2.58 bits per heavy atom. The first kappa shape index (κ1) is 14.0. The van der Waals surface area contributed by atoms with Gasteiger partial charge in [0, 0.05) is 12.3 Å². The molecule has 19 heavy (non-hydrogen) atoms. The van der Waals surface area contributed by atoms with E-state index in [-0.39, 0.29) is 17.5 Å². The lowest BCUT2D eigenvalue weighted by Gasteiger charge is -2.41. The Morgan fingerprint density at radius 2 is 2.05 bits per heavy atom. The minimum absolute atomic E-state index is 0.00968. The van der Waals surface area contributed by atoms with Crippen molar-refractivity contribution in [3.8, 4) is 0 Å². The lowest BCUT2D eigenvalue weighted by molar-refractivity contribution is -0.148. The van der Waals surface area contributed by atoms with Crippen molar-refractivity contribution in [2.45, 2.75) is 46.5 Å². The van der Waals surface area contributed by atoms with E-state index in [0.29, 0.717) is 31.3 Å². The fraction of sp³-hybridized carbons (Fsp3) is 0.667. The number of Topliss-reactive ketones (excluding diaryl/α,β-unsaturated/α-hetero) is 2. The molecule has 2 aliphatic carbocycles. The Balaban J connectivity index is 2.65. The Morgan fingerprint density at radius 1 is 1.42 bits per heavy atom. The molecule has 0 saturated heterocycles. The summed E-state index contributed by atoms with van der Waals surface area (Å²) in [7, 11) is 0. The van der Waals surface area contributed by atoms with Crippen LogP contribution >= 0.6 is 0 Å². The van der Waals surface area contributed by atoms with Crippen LogP contribution < -0.4 is 0 Å². The van der Waals surface area contributed by atoms with Gasteiger partial charge in [-0.25, -0.2) is 0 Å². The molecule has 4 heteroatoms. The number of hydrogen-bond donors (Lipinski definition) is 1. The molecule has 0 aromatic heterocycles. The van der Waals surface area contributed by atoms with Crippen molar-refractivity contribution in [3.63, 3.8) is 0 Å². The van der Waals surface area contributed by atoms with Gasteiger partial charge in [-0.1, -0.05) is 13.8 Å². The van der Waals surface area contributed by atoms with E-state index in [1.165, 1.54) is 0 Å². The van der Waals surface area contributed by atoms with E-state index < -0.39 is 17.3 Å². The molecular formula is C15H20O4. The van der Waals surface area contributed by atoms with Crippen LogP contribution in [0, 0.1) is 17.3 Å². The Kier molecular flexibility index (Phi) is 3.37. The largest absolute Gasteiger partial charge is 0.481 e. The summed E-state index contributed by atoms with van der Waals surface area (Å²) in [4.78, 5) is 36.0. The van der Waals surface area contributed by atoms with Crippen molar-refractivity contribution in [3.05, 3.63) is 11.1 Å². The van der Waals surface area contributed by atoms with Gasteiger partial charge in [-0.2, -0.15) is 0 Å². The van der Waals surface area contributed by atoms with Crippen LogP contribution in [0.5, 0.6) is 0 Å². The van der Waals surface area contributed by atoms with Crippen molar-refractivity contribution in [2.24, 2.45) is 17.3 Å². The van der Waals surface area contributed by atoms with E-state index in [4.69, 9.17) is 0 Å². The van der Waals surface area contributed by atoms with Crippen LogP contribution in [0.1, 0.15) is 46.5 Å². The average Bonchev–Trinajstić information content (AvgIpc) is 2.66. The van der Waals surface area contributed by atoms with E-state index in [2.05, 4.69) is 0 Å². The first-order valence-corrected chi connectivity index (χ1v) is 6.86. The van der Waals surface area contributed by atoms with E-state index in [1.807, 2.05) is 6.92 Å². The summed E-state index contributed by atoms with van der Waals surface area (Å²) in [5, 5.41) is 9.44. The molecule has 0 amide bonds. The number of allylic oxidation sites excluding steroid dienone is 2. The maximum absolute atomic E-state index is 12.4. The standard InChI is InChI=1S/C15H20O4/c1-4-10-9(3)13(17)8(2)7-15(10)11(14(18)19)5-6-12(15)16/h8,11H,4-7H2,1-3H3,(H,18,19)/t8?,11-,15-/m0/s1. The van der Waals surface area contributed by atoms with E-state index in [0.717, 1.165) is 5.57 Å². The van der Waals surface area contributed by atoms with Crippen molar-refractivity contribution in [2.75, 3.05) is 0 Å². The average molecular weight is 264 g/mol. The van der Waals surface area contributed by atoms with Crippen LogP contribution in [0.15, 0.2) is 11.1 Å². The van der Waals surface area contributed by atoms with Gasteiger partial charge >= 0.3 is 5.97 Å². The molecule has 0 heterocycles. The molecule has 0 aliphatic heterocycles. The third kappa shape index (κ3) is 1.77. The minimum Gasteiger partial charge on any atom is -0.481 e. The second-order valence-corrected chi connectivity index (χ2v) is 5.75. The molecule has 1 N–H and O–H groups in total. The van der Waals surface area contributed by atoms with Gasteiger partial charge < -0.3 is 5.11 Å². The minimum atomic E-state index is -0.919. The van der Waals surface area contributed by atoms with Crippen molar-refractivity contribution >= 4 is 17.5 Å². The highest BCUT2D eigenvalue weighted by Crippen LogP contribution is 2.54. The highest BCUT2D eigenvalue weighted by atomic mass is 16.4.